The van der Waals surface area contributed by atoms with Crippen LogP contribution in [0.4, 0.5) is 5.69 Å². The minimum Gasteiger partial charge on any atom is -0.326 e. The molecule has 5 nitrogen and oxygen atoms in total. The van der Waals surface area contributed by atoms with Crippen LogP contribution in [0.25, 0.3) is 0 Å². The molecule has 1 aromatic rings. The van der Waals surface area contributed by atoms with Crippen LogP contribution >= 0.6 is 0 Å². The molecule has 0 aliphatic heterocycles. The molecule has 136 valence electrons. The van der Waals surface area contributed by atoms with Gasteiger partial charge in [0.15, 0.2) is 0 Å². The summed E-state index contributed by atoms with van der Waals surface area (Å²) in [5, 5.41) is 2.81. The van der Waals surface area contributed by atoms with E-state index in [1.54, 1.807) is 24.3 Å². The highest BCUT2D eigenvalue weighted by atomic mass is 32.2. The SMILES string of the molecule is CCCN(CCC)S(=O)(=O)c1ccc(NC(=O)CC(C)(C)C)cc1. The number of carbonyl (C=O) groups is 1. The monoisotopic (exact) mass is 354 g/mol. The molecular weight excluding hydrogens is 324 g/mol. The maximum absolute atomic E-state index is 12.7. The lowest BCUT2D eigenvalue weighted by Crippen LogP contribution is -2.32. The zero-order valence-corrected chi connectivity index (χ0v) is 16.2. The number of nitrogens with one attached hydrogen (secondary N) is 1. The Balaban J connectivity index is 2.87. The molecule has 0 bridgehead atoms. The summed E-state index contributed by atoms with van der Waals surface area (Å²) in [6.07, 6.45) is 1.97. The van der Waals surface area contributed by atoms with E-state index in [4.69, 9.17) is 0 Å². The van der Waals surface area contributed by atoms with Crippen LogP contribution in [-0.4, -0.2) is 31.7 Å². The third-order valence-corrected chi connectivity index (χ3v) is 5.33. The Morgan fingerprint density at radius 2 is 1.54 bits per heavy atom. The smallest absolute Gasteiger partial charge is 0.243 e. The van der Waals surface area contributed by atoms with Gasteiger partial charge in [0.05, 0.1) is 4.90 Å². The second kappa shape index (κ2) is 8.62. The van der Waals surface area contributed by atoms with E-state index in [1.165, 1.54) is 4.31 Å². The highest BCUT2D eigenvalue weighted by molar-refractivity contribution is 7.89. The molecule has 0 heterocycles. The van der Waals surface area contributed by atoms with E-state index in [0.29, 0.717) is 25.2 Å². The van der Waals surface area contributed by atoms with Gasteiger partial charge in [-0.15, -0.1) is 0 Å². The number of hydrogen-bond donors (Lipinski definition) is 1. The molecule has 1 rings (SSSR count). The van der Waals surface area contributed by atoms with E-state index in [9.17, 15) is 13.2 Å². The molecule has 0 aliphatic rings. The largest absolute Gasteiger partial charge is 0.326 e. The number of benzene rings is 1. The number of rotatable bonds is 8. The summed E-state index contributed by atoms with van der Waals surface area (Å²) in [5.74, 6) is -0.0725. The van der Waals surface area contributed by atoms with Gasteiger partial charge in [-0.3, -0.25) is 4.79 Å². The number of sulfonamides is 1. The number of carbonyl (C=O) groups excluding carboxylic acids is 1. The van der Waals surface area contributed by atoms with Crippen LogP contribution in [-0.2, 0) is 14.8 Å². The van der Waals surface area contributed by atoms with Crippen molar-refractivity contribution in [2.24, 2.45) is 5.41 Å². The van der Waals surface area contributed by atoms with Gasteiger partial charge in [0.2, 0.25) is 15.9 Å². The molecule has 0 aromatic heterocycles. The summed E-state index contributed by atoms with van der Waals surface area (Å²) < 4.78 is 26.9. The molecule has 1 N–H and O–H groups in total. The Kier molecular flexibility index (Phi) is 7.42. The molecule has 0 atom stereocenters. The van der Waals surface area contributed by atoms with Gasteiger partial charge < -0.3 is 5.32 Å². The van der Waals surface area contributed by atoms with Crippen molar-refractivity contribution in [3.05, 3.63) is 24.3 Å². The number of amides is 1. The van der Waals surface area contributed by atoms with Gasteiger partial charge in [0, 0.05) is 25.2 Å². The van der Waals surface area contributed by atoms with E-state index >= 15 is 0 Å². The fourth-order valence-corrected chi connectivity index (χ4v) is 4.02. The van der Waals surface area contributed by atoms with E-state index in [1.807, 2.05) is 34.6 Å². The van der Waals surface area contributed by atoms with Gasteiger partial charge in [0.1, 0.15) is 0 Å². The Morgan fingerprint density at radius 1 is 1.04 bits per heavy atom. The van der Waals surface area contributed by atoms with Crippen LogP contribution in [0.5, 0.6) is 0 Å². The molecule has 0 saturated carbocycles. The molecule has 1 amide bonds. The minimum absolute atomic E-state index is 0.0725. The van der Waals surface area contributed by atoms with Crippen molar-refractivity contribution < 1.29 is 13.2 Å². The maximum Gasteiger partial charge on any atom is 0.243 e. The Bertz CT molecular complexity index is 625. The Labute approximate surface area is 146 Å². The van der Waals surface area contributed by atoms with Crippen molar-refractivity contribution in [3.63, 3.8) is 0 Å². The van der Waals surface area contributed by atoms with Crippen molar-refractivity contribution in [1.29, 1.82) is 0 Å². The van der Waals surface area contributed by atoms with Gasteiger partial charge in [0.25, 0.3) is 0 Å². The number of anilines is 1. The highest BCUT2D eigenvalue weighted by Gasteiger charge is 2.23. The lowest BCUT2D eigenvalue weighted by Gasteiger charge is -2.21. The molecule has 0 radical (unpaired) electrons. The standard InChI is InChI=1S/C18H30N2O3S/c1-6-12-20(13-7-2)24(22,23)16-10-8-15(9-11-16)19-17(21)14-18(3,4)5/h8-11H,6-7,12-14H2,1-5H3,(H,19,21). The lowest BCUT2D eigenvalue weighted by molar-refractivity contribution is -0.117. The maximum atomic E-state index is 12.7. The van der Waals surface area contributed by atoms with Gasteiger partial charge in [-0.2, -0.15) is 4.31 Å². The molecule has 0 unspecified atom stereocenters. The second-order valence-electron chi connectivity index (χ2n) is 7.21. The minimum atomic E-state index is -3.48. The Morgan fingerprint density at radius 3 is 1.96 bits per heavy atom. The normalized spacial score (nSPS) is 12.4. The Hall–Kier alpha value is -1.40. The zero-order valence-electron chi connectivity index (χ0n) is 15.4. The first kappa shape index (κ1) is 20.6. The predicted molar refractivity (Wildman–Crippen MR) is 98.5 cm³/mol. The number of nitrogens with zero attached hydrogens (tertiary/aromatic N) is 1. The summed E-state index contributed by atoms with van der Waals surface area (Å²) in [5.41, 5.74) is 0.523. The van der Waals surface area contributed by atoms with Crippen molar-refractivity contribution in [2.45, 2.75) is 58.8 Å². The first-order valence-corrected chi connectivity index (χ1v) is 9.94. The average Bonchev–Trinajstić information content (AvgIpc) is 2.45. The van der Waals surface area contributed by atoms with Crippen molar-refractivity contribution in [2.75, 3.05) is 18.4 Å². The fourth-order valence-electron chi connectivity index (χ4n) is 2.40. The van der Waals surface area contributed by atoms with E-state index in [-0.39, 0.29) is 16.2 Å². The molecule has 24 heavy (non-hydrogen) atoms. The quantitative estimate of drug-likeness (QED) is 0.770. The van der Waals surface area contributed by atoms with Crippen LogP contribution in [0.15, 0.2) is 29.2 Å². The molecule has 0 spiro atoms. The summed E-state index contributed by atoms with van der Waals surface area (Å²) in [7, 11) is -3.48. The van der Waals surface area contributed by atoms with Crippen LogP contribution in [0, 0.1) is 5.41 Å². The van der Waals surface area contributed by atoms with Gasteiger partial charge in [-0.05, 0) is 42.5 Å². The number of hydrogen-bond acceptors (Lipinski definition) is 3. The van der Waals surface area contributed by atoms with Crippen LogP contribution in [0.1, 0.15) is 53.9 Å². The highest BCUT2D eigenvalue weighted by Crippen LogP contribution is 2.22. The van der Waals surface area contributed by atoms with Gasteiger partial charge >= 0.3 is 0 Å². The van der Waals surface area contributed by atoms with E-state index in [0.717, 1.165) is 12.8 Å². The lowest BCUT2D eigenvalue weighted by atomic mass is 9.92. The molecule has 0 fully saturated rings. The first-order chi connectivity index (χ1) is 11.1. The summed E-state index contributed by atoms with van der Waals surface area (Å²) in [6.45, 7) is 11.0. The summed E-state index contributed by atoms with van der Waals surface area (Å²) in [6, 6.07) is 6.40. The molecule has 6 heteroatoms. The molecule has 0 aliphatic carbocycles. The van der Waals surface area contributed by atoms with Crippen molar-refractivity contribution in [3.8, 4) is 0 Å². The summed E-state index contributed by atoms with van der Waals surface area (Å²) in [4.78, 5) is 12.2. The van der Waals surface area contributed by atoms with Crippen molar-refractivity contribution >= 4 is 21.6 Å². The molecule has 0 saturated heterocycles. The third kappa shape index (κ3) is 6.24. The second-order valence-corrected chi connectivity index (χ2v) is 9.15. The molecular formula is C18H30N2O3S. The zero-order chi connectivity index (χ0) is 18.4. The van der Waals surface area contributed by atoms with Crippen LogP contribution in [0.2, 0.25) is 0 Å². The van der Waals surface area contributed by atoms with Crippen molar-refractivity contribution in [1.82, 2.24) is 4.31 Å². The van der Waals surface area contributed by atoms with Crippen LogP contribution in [0.3, 0.4) is 0 Å². The van der Waals surface area contributed by atoms with Gasteiger partial charge in [-0.1, -0.05) is 34.6 Å². The summed E-state index contributed by atoms with van der Waals surface area (Å²) >= 11 is 0. The topological polar surface area (TPSA) is 66.5 Å². The molecule has 1 aromatic carbocycles. The average molecular weight is 355 g/mol. The third-order valence-electron chi connectivity index (χ3n) is 3.41. The fraction of sp³-hybridized carbons (Fsp3) is 0.611. The predicted octanol–water partition coefficient (Wildman–Crippen LogP) is 3.87. The van der Waals surface area contributed by atoms with E-state index in [2.05, 4.69) is 5.32 Å². The van der Waals surface area contributed by atoms with E-state index < -0.39 is 10.0 Å². The first-order valence-electron chi connectivity index (χ1n) is 8.50. The van der Waals surface area contributed by atoms with Gasteiger partial charge in [-0.25, -0.2) is 8.42 Å². The van der Waals surface area contributed by atoms with Crippen LogP contribution < -0.4 is 5.32 Å².